The molecule has 0 aliphatic rings. The largest absolute Gasteiger partial charge is 0.419 e. The van der Waals surface area contributed by atoms with Gasteiger partial charge in [-0.25, -0.2) is 9.18 Å². The molecule has 0 aliphatic carbocycles. The third-order valence-corrected chi connectivity index (χ3v) is 3.62. The lowest BCUT2D eigenvalue weighted by atomic mass is 10.2. The van der Waals surface area contributed by atoms with Crippen LogP contribution in [-0.2, 0) is 6.18 Å². The molecule has 1 aromatic heterocycles. The van der Waals surface area contributed by atoms with E-state index in [9.17, 15) is 22.4 Å². The highest BCUT2D eigenvalue weighted by Gasteiger charge is 2.34. The Kier molecular flexibility index (Phi) is 3.79. The van der Waals surface area contributed by atoms with E-state index in [4.69, 9.17) is 0 Å². The molecule has 3 rings (SSSR count). The van der Waals surface area contributed by atoms with Gasteiger partial charge >= 0.3 is 12.2 Å². The number of hydrogen-bond acceptors (Lipinski definition) is 1. The lowest BCUT2D eigenvalue weighted by Gasteiger charge is -2.12. The summed E-state index contributed by atoms with van der Waals surface area (Å²) in [7, 11) is 0. The van der Waals surface area contributed by atoms with Crippen molar-refractivity contribution in [3.8, 4) is 0 Å². The molecule has 0 radical (unpaired) electrons. The molecule has 124 valence electrons. The maximum atomic E-state index is 13.3. The van der Waals surface area contributed by atoms with Crippen molar-refractivity contribution in [2.24, 2.45) is 0 Å². The van der Waals surface area contributed by atoms with E-state index >= 15 is 0 Å². The number of fused-ring (bicyclic) bond motifs is 1. The minimum Gasteiger partial charge on any atom is -0.307 e. The predicted octanol–water partition coefficient (Wildman–Crippen LogP) is 5.19. The first-order valence-electron chi connectivity index (χ1n) is 7.02. The maximum absolute atomic E-state index is 13.3. The summed E-state index contributed by atoms with van der Waals surface area (Å²) < 4.78 is 52.9. The normalized spacial score (nSPS) is 11.7. The van der Waals surface area contributed by atoms with Crippen LogP contribution in [0.25, 0.3) is 10.9 Å². The molecule has 3 aromatic rings. The van der Waals surface area contributed by atoms with Crippen LogP contribution in [0, 0.1) is 12.7 Å². The van der Waals surface area contributed by atoms with Gasteiger partial charge in [0.25, 0.3) is 0 Å². The molecule has 2 aromatic carbocycles. The number of nitrogens with one attached hydrogen (secondary N) is 1. The van der Waals surface area contributed by atoms with E-state index in [-0.39, 0.29) is 5.69 Å². The molecule has 24 heavy (non-hydrogen) atoms. The van der Waals surface area contributed by atoms with Crippen LogP contribution < -0.4 is 5.32 Å². The highest BCUT2D eigenvalue weighted by Crippen LogP contribution is 2.33. The van der Waals surface area contributed by atoms with Crippen molar-refractivity contribution >= 4 is 22.6 Å². The minimum atomic E-state index is -4.83. The molecule has 1 amide bonds. The quantitative estimate of drug-likeness (QED) is 0.610. The molecule has 1 heterocycles. The Morgan fingerprint density at radius 1 is 1.08 bits per heavy atom. The average molecular weight is 336 g/mol. The van der Waals surface area contributed by atoms with Gasteiger partial charge < -0.3 is 5.32 Å². The Hall–Kier alpha value is -2.83. The van der Waals surface area contributed by atoms with Crippen LogP contribution in [-0.4, -0.2) is 10.6 Å². The van der Waals surface area contributed by atoms with Crippen LogP contribution in [0.1, 0.15) is 11.3 Å². The van der Waals surface area contributed by atoms with Crippen molar-refractivity contribution in [2.75, 3.05) is 5.32 Å². The monoisotopic (exact) mass is 336 g/mol. The third-order valence-electron chi connectivity index (χ3n) is 3.62. The van der Waals surface area contributed by atoms with Gasteiger partial charge in [-0.15, -0.1) is 0 Å². The fourth-order valence-electron chi connectivity index (χ4n) is 2.56. The van der Waals surface area contributed by atoms with Crippen molar-refractivity contribution in [3.63, 3.8) is 0 Å². The zero-order valence-corrected chi connectivity index (χ0v) is 12.5. The van der Waals surface area contributed by atoms with Gasteiger partial charge in [-0.1, -0.05) is 18.2 Å². The molecule has 0 saturated carbocycles. The van der Waals surface area contributed by atoms with Crippen LogP contribution in [0.4, 0.5) is 28.0 Å². The summed E-state index contributed by atoms with van der Waals surface area (Å²) in [5, 5.41) is 3.21. The van der Waals surface area contributed by atoms with Crippen LogP contribution in [0.3, 0.4) is 0 Å². The molecule has 3 nitrogen and oxygen atoms in total. The molecule has 0 bridgehead atoms. The zero-order valence-electron chi connectivity index (χ0n) is 12.5. The lowest BCUT2D eigenvalue weighted by molar-refractivity contribution is -0.139. The van der Waals surface area contributed by atoms with Crippen molar-refractivity contribution in [1.29, 1.82) is 0 Å². The SMILES string of the molecule is Cc1cc2ccccc2n1C(=O)Nc1ccc(F)c(C(F)(F)F)c1. The smallest absolute Gasteiger partial charge is 0.307 e. The van der Waals surface area contributed by atoms with Crippen LogP contribution in [0.15, 0.2) is 48.5 Å². The predicted molar refractivity (Wildman–Crippen MR) is 82.5 cm³/mol. The van der Waals surface area contributed by atoms with E-state index in [1.807, 2.05) is 12.1 Å². The Morgan fingerprint density at radius 3 is 2.50 bits per heavy atom. The highest BCUT2D eigenvalue weighted by atomic mass is 19.4. The van der Waals surface area contributed by atoms with E-state index in [0.29, 0.717) is 23.3 Å². The van der Waals surface area contributed by atoms with Crippen LogP contribution in [0.2, 0.25) is 0 Å². The summed E-state index contributed by atoms with van der Waals surface area (Å²) in [6.07, 6.45) is -4.83. The molecule has 0 unspecified atom stereocenters. The summed E-state index contributed by atoms with van der Waals surface area (Å²) >= 11 is 0. The van der Waals surface area contributed by atoms with Gasteiger partial charge in [-0.05, 0) is 37.3 Å². The van der Waals surface area contributed by atoms with Gasteiger partial charge in [-0.2, -0.15) is 13.2 Å². The summed E-state index contributed by atoms with van der Waals surface area (Å²) in [6, 6.07) is 10.6. The Bertz CT molecular complexity index is 928. The average Bonchev–Trinajstić information content (AvgIpc) is 2.83. The number of rotatable bonds is 1. The first-order chi connectivity index (χ1) is 11.3. The number of aryl methyl sites for hydroxylation is 1. The molecule has 0 atom stereocenters. The van der Waals surface area contributed by atoms with Crippen molar-refractivity contribution in [2.45, 2.75) is 13.1 Å². The van der Waals surface area contributed by atoms with Gasteiger partial charge in [-0.3, -0.25) is 4.57 Å². The van der Waals surface area contributed by atoms with E-state index in [2.05, 4.69) is 5.32 Å². The Balaban J connectivity index is 1.97. The fraction of sp³-hybridized carbons (Fsp3) is 0.118. The van der Waals surface area contributed by atoms with Gasteiger partial charge in [0.05, 0.1) is 11.1 Å². The number of hydrogen-bond donors (Lipinski definition) is 1. The second kappa shape index (κ2) is 5.67. The molecule has 0 fully saturated rings. The summed E-state index contributed by atoms with van der Waals surface area (Å²) in [4.78, 5) is 12.4. The first kappa shape index (κ1) is 16.0. The van der Waals surface area contributed by atoms with Crippen molar-refractivity contribution in [3.05, 3.63) is 65.6 Å². The maximum Gasteiger partial charge on any atom is 0.419 e. The second-order valence-electron chi connectivity index (χ2n) is 5.30. The fourth-order valence-corrected chi connectivity index (χ4v) is 2.56. The molecule has 7 heteroatoms. The topological polar surface area (TPSA) is 34.0 Å². The lowest BCUT2D eigenvalue weighted by Crippen LogP contribution is -2.21. The number of benzene rings is 2. The number of carbonyl (C=O) groups is 1. The standard InChI is InChI=1S/C17H12F4N2O/c1-10-8-11-4-2-3-5-15(11)23(10)16(24)22-12-6-7-14(18)13(9-12)17(19,20)21/h2-9H,1H3,(H,22,24). The Labute approximate surface area is 134 Å². The minimum absolute atomic E-state index is 0.133. The molecule has 0 saturated heterocycles. The first-order valence-corrected chi connectivity index (χ1v) is 7.02. The zero-order chi connectivity index (χ0) is 17.5. The number of anilines is 1. The molecular formula is C17H12F4N2O. The van der Waals surface area contributed by atoms with Crippen molar-refractivity contribution in [1.82, 2.24) is 4.57 Å². The van der Waals surface area contributed by atoms with Gasteiger partial charge in [0.1, 0.15) is 5.82 Å². The molecule has 0 spiro atoms. The summed E-state index contributed by atoms with van der Waals surface area (Å²) in [5.74, 6) is -1.39. The molecule has 0 aliphatic heterocycles. The Morgan fingerprint density at radius 2 is 1.79 bits per heavy atom. The third kappa shape index (κ3) is 2.84. The number of halogens is 4. The number of aromatic nitrogens is 1. The molecular weight excluding hydrogens is 324 g/mol. The van der Waals surface area contributed by atoms with Gasteiger partial charge in [0.15, 0.2) is 0 Å². The van der Waals surface area contributed by atoms with E-state index in [1.54, 1.807) is 25.1 Å². The molecule has 1 N–H and O–H groups in total. The number of carbonyl (C=O) groups excluding carboxylic acids is 1. The van der Waals surface area contributed by atoms with E-state index in [1.165, 1.54) is 4.57 Å². The van der Waals surface area contributed by atoms with Gasteiger partial charge in [0.2, 0.25) is 0 Å². The van der Waals surface area contributed by atoms with Crippen LogP contribution in [0.5, 0.6) is 0 Å². The van der Waals surface area contributed by atoms with E-state index < -0.39 is 23.6 Å². The van der Waals surface area contributed by atoms with Gasteiger partial charge in [0, 0.05) is 16.8 Å². The number of amides is 1. The summed E-state index contributed by atoms with van der Waals surface area (Å²) in [6.45, 7) is 1.71. The number of nitrogens with zero attached hydrogens (tertiary/aromatic N) is 1. The summed E-state index contributed by atoms with van der Waals surface area (Å²) in [5.41, 5.74) is -0.294. The van der Waals surface area contributed by atoms with Crippen molar-refractivity contribution < 1.29 is 22.4 Å². The number of para-hydroxylation sites is 1. The van der Waals surface area contributed by atoms with E-state index in [0.717, 1.165) is 11.5 Å². The van der Waals surface area contributed by atoms with Crippen LogP contribution >= 0.6 is 0 Å². The highest BCUT2D eigenvalue weighted by molar-refractivity contribution is 5.99. The number of alkyl halides is 3. The second-order valence-corrected chi connectivity index (χ2v) is 5.30.